The summed E-state index contributed by atoms with van der Waals surface area (Å²) in [7, 11) is 7.60. The zero-order valence-electron chi connectivity index (χ0n) is 20.1. The van der Waals surface area contributed by atoms with Crippen molar-refractivity contribution in [3.63, 3.8) is 0 Å². The van der Waals surface area contributed by atoms with Gasteiger partial charge in [-0.25, -0.2) is 0 Å². The molecule has 4 rings (SSSR count). The van der Waals surface area contributed by atoms with Crippen molar-refractivity contribution in [2.45, 2.75) is 44.1 Å². The summed E-state index contributed by atoms with van der Waals surface area (Å²) < 4.78 is 22.6. The summed E-state index contributed by atoms with van der Waals surface area (Å²) in [6.07, 6.45) is 3.45. The fraction of sp³-hybridized carbons (Fsp3) is 0.556. The summed E-state index contributed by atoms with van der Waals surface area (Å²) >= 11 is 0. The van der Waals surface area contributed by atoms with Gasteiger partial charge in [0.25, 0.3) is 0 Å². The highest BCUT2D eigenvalue weighted by Crippen LogP contribution is 2.61. The first-order valence-corrected chi connectivity index (χ1v) is 11.6. The van der Waals surface area contributed by atoms with Crippen LogP contribution in [0.3, 0.4) is 0 Å². The third-order valence-electron chi connectivity index (χ3n) is 7.53. The van der Waals surface area contributed by atoms with Gasteiger partial charge >= 0.3 is 0 Å². The minimum Gasteiger partial charge on any atom is -0.497 e. The molecular weight excluding hydrogens is 402 g/mol. The molecule has 2 aliphatic rings. The van der Waals surface area contributed by atoms with E-state index >= 15 is 0 Å². The van der Waals surface area contributed by atoms with Crippen LogP contribution in [-0.4, -0.2) is 54.4 Å². The summed E-state index contributed by atoms with van der Waals surface area (Å²) in [6.45, 7) is 3.90. The quantitative estimate of drug-likeness (QED) is 0.397. The van der Waals surface area contributed by atoms with Crippen LogP contribution in [0.5, 0.6) is 5.75 Å². The lowest BCUT2D eigenvalue weighted by atomic mass is 9.61. The van der Waals surface area contributed by atoms with Crippen molar-refractivity contribution < 1.29 is 18.9 Å². The van der Waals surface area contributed by atoms with Crippen LogP contribution < -0.4 is 9.64 Å². The van der Waals surface area contributed by atoms with E-state index in [-0.39, 0.29) is 11.5 Å². The number of ether oxygens (including phenoxy) is 4. The monoisotopic (exact) mass is 439 g/mol. The lowest BCUT2D eigenvalue weighted by molar-refractivity contribution is -0.128. The zero-order valence-corrected chi connectivity index (χ0v) is 20.1. The van der Waals surface area contributed by atoms with Crippen molar-refractivity contribution >= 4 is 5.69 Å². The van der Waals surface area contributed by atoms with Crippen LogP contribution in [0.15, 0.2) is 42.5 Å². The molecule has 0 bridgehead atoms. The van der Waals surface area contributed by atoms with Gasteiger partial charge in [0.1, 0.15) is 12.5 Å². The van der Waals surface area contributed by atoms with E-state index in [4.69, 9.17) is 18.9 Å². The van der Waals surface area contributed by atoms with Crippen molar-refractivity contribution in [1.82, 2.24) is 0 Å². The van der Waals surface area contributed by atoms with Gasteiger partial charge in [-0.2, -0.15) is 0 Å². The third kappa shape index (κ3) is 4.39. The van der Waals surface area contributed by atoms with Gasteiger partial charge in [-0.3, -0.25) is 0 Å². The Labute approximate surface area is 192 Å². The first-order chi connectivity index (χ1) is 15.5. The number of hydrogen-bond donors (Lipinski definition) is 0. The average molecular weight is 440 g/mol. The van der Waals surface area contributed by atoms with Gasteiger partial charge in [0, 0.05) is 38.2 Å². The van der Waals surface area contributed by atoms with Crippen molar-refractivity contribution in [3.8, 4) is 5.75 Å². The Morgan fingerprint density at radius 2 is 1.75 bits per heavy atom. The SMILES string of the molecule is COCCOCO[C@@H]1CC[C@@H]2c3ccc(OC)cc3[C@H](c3ccc(N(C)C)cc3)C[C@]21C. The van der Waals surface area contributed by atoms with Gasteiger partial charge in [-0.15, -0.1) is 0 Å². The molecule has 0 unspecified atom stereocenters. The fourth-order valence-corrected chi connectivity index (χ4v) is 5.74. The molecule has 2 aliphatic carbocycles. The first kappa shape index (κ1) is 23.1. The van der Waals surface area contributed by atoms with Crippen LogP contribution in [0.25, 0.3) is 0 Å². The van der Waals surface area contributed by atoms with Gasteiger partial charge in [-0.05, 0) is 66.1 Å². The summed E-state index contributed by atoms with van der Waals surface area (Å²) in [6, 6.07) is 15.7. The molecule has 4 atom stereocenters. The van der Waals surface area contributed by atoms with Crippen molar-refractivity contribution in [1.29, 1.82) is 0 Å². The van der Waals surface area contributed by atoms with E-state index in [0.717, 1.165) is 25.0 Å². The highest BCUT2D eigenvalue weighted by molar-refractivity contribution is 5.52. The second-order valence-corrected chi connectivity index (χ2v) is 9.55. The summed E-state index contributed by atoms with van der Waals surface area (Å²) in [4.78, 5) is 2.14. The molecule has 1 fully saturated rings. The normalized spacial score (nSPS) is 26.5. The third-order valence-corrected chi connectivity index (χ3v) is 7.53. The molecule has 0 radical (unpaired) electrons. The standard InChI is InChI=1S/C27H37NO4/c1-27-17-24(19-6-8-20(9-7-19)28(2)3)23-16-21(30-5)10-11-22(23)25(27)12-13-26(27)32-18-31-15-14-29-4/h6-11,16,24-26H,12-15,17-18H2,1-5H3/t24-,25+,26+,27+/m0/s1. The van der Waals surface area contributed by atoms with E-state index in [2.05, 4.69) is 68.4 Å². The van der Waals surface area contributed by atoms with Crippen LogP contribution in [0, 0.1) is 5.41 Å². The van der Waals surface area contributed by atoms with E-state index in [9.17, 15) is 0 Å². The highest BCUT2D eigenvalue weighted by atomic mass is 16.7. The largest absolute Gasteiger partial charge is 0.497 e. The van der Waals surface area contributed by atoms with Crippen LogP contribution in [0.1, 0.15) is 54.7 Å². The Morgan fingerprint density at radius 3 is 2.44 bits per heavy atom. The number of fused-ring (bicyclic) bond motifs is 3. The second-order valence-electron chi connectivity index (χ2n) is 9.55. The van der Waals surface area contributed by atoms with E-state index in [1.165, 1.54) is 22.4 Å². The lowest BCUT2D eigenvalue weighted by Crippen LogP contribution is -2.39. The fourth-order valence-electron chi connectivity index (χ4n) is 5.74. The van der Waals surface area contributed by atoms with Gasteiger partial charge in [0.15, 0.2) is 0 Å². The number of rotatable bonds is 9. The van der Waals surface area contributed by atoms with E-state index in [1.807, 2.05) is 0 Å². The average Bonchev–Trinajstić information content (AvgIpc) is 3.14. The lowest BCUT2D eigenvalue weighted by Gasteiger charge is -2.45. The Morgan fingerprint density at radius 1 is 0.969 bits per heavy atom. The number of benzene rings is 2. The number of methoxy groups -OCH3 is 2. The molecule has 5 nitrogen and oxygen atoms in total. The predicted octanol–water partition coefficient (Wildman–Crippen LogP) is 5.19. The van der Waals surface area contributed by atoms with Crippen LogP contribution in [-0.2, 0) is 14.2 Å². The topological polar surface area (TPSA) is 40.2 Å². The number of nitrogens with zero attached hydrogens (tertiary/aromatic N) is 1. The minimum absolute atomic E-state index is 0.0666. The smallest absolute Gasteiger partial charge is 0.147 e. The molecule has 174 valence electrons. The van der Waals surface area contributed by atoms with Crippen LogP contribution >= 0.6 is 0 Å². The van der Waals surface area contributed by atoms with Gasteiger partial charge in [0.05, 0.1) is 26.4 Å². The summed E-state index contributed by atoms with van der Waals surface area (Å²) in [5.41, 5.74) is 5.49. The summed E-state index contributed by atoms with van der Waals surface area (Å²) in [5.74, 6) is 1.74. The Hall–Kier alpha value is -2.08. The molecule has 0 saturated heterocycles. The molecule has 0 N–H and O–H groups in total. The Balaban J connectivity index is 1.64. The molecule has 5 heteroatoms. The van der Waals surface area contributed by atoms with Gasteiger partial charge < -0.3 is 23.8 Å². The van der Waals surface area contributed by atoms with Crippen molar-refractivity contribution in [2.75, 3.05) is 53.2 Å². The maximum absolute atomic E-state index is 6.31. The molecule has 0 aliphatic heterocycles. The first-order valence-electron chi connectivity index (χ1n) is 11.6. The van der Waals surface area contributed by atoms with Crippen molar-refractivity contribution in [3.05, 3.63) is 59.2 Å². The maximum Gasteiger partial charge on any atom is 0.147 e. The molecule has 2 aromatic rings. The second kappa shape index (κ2) is 9.82. The Kier molecular flexibility index (Phi) is 7.08. The molecule has 0 heterocycles. The van der Waals surface area contributed by atoms with E-state index in [0.29, 0.717) is 31.8 Å². The molecule has 32 heavy (non-hydrogen) atoms. The molecule has 0 spiro atoms. The predicted molar refractivity (Wildman–Crippen MR) is 128 cm³/mol. The zero-order chi connectivity index (χ0) is 22.7. The Bertz CT molecular complexity index is 897. The minimum atomic E-state index is 0.0666. The molecule has 0 amide bonds. The molecule has 0 aromatic heterocycles. The molecular formula is C27H37NO4. The van der Waals surface area contributed by atoms with Gasteiger partial charge in [0.2, 0.25) is 0 Å². The number of anilines is 1. The molecule has 2 aromatic carbocycles. The highest BCUT2D eigenvalue weighted by Gasteiger charge is 2.52. The van der Waals surface area contributed by atoms with Crippen molar-refractivity contribution in [2.24, 2.45) is 5.41 Å². The van der Waals surface area contributed by atoms with E-state index < -0.39 is 0 Å². The number of hydrogen-bond acceptors (Lipinski definition) is 5. The maximum atomic E-state index is 6.31. The van der Waals surface area contributed by atoms with Crippen LogP contribution in [0.2, 0.25) is 0 Å². The molecule has 1 saturated carbocycles. The van der Waals surface area contributed by atoms with Gasteiger partial charge in [-0.1, -0.05) is 25.1 Å². The van der Waals surface area contributed by atoms with Crippen LogP contribution in [0.4, 0.5) is 5.69 Å². The van der Waals surface area contributed by atoms with E-state index in [1.54, 1.807) is 14.2 Å². The summed E-state index contributed by atoms with van der Waals surface area (Å²) in [5, 5.41) is 0.